The van der Waals surface area contributed by atoms with Gasteiger partial charge in [-0.25, -0.2) is 9.37 Å². The summed E-state index contributed by atoms with van der Waals surface area (Å²) in [6.07, 6.45) is 6.05. The molecule has 1 fully saturated rings. The number of carbonyl (C=O) groups excluding carboxylic acids is 1. The maximum atomic E-state index is 16.0. The molecule has 4 heterocycles. The SMILES string of the molecule is C=CC(=O)N1CCN(c2c(C#N)cnc3c(F)c(-c4cccn5cc(N)nc45)c(Cl)cc23)CC1. The van der Waals surface area contributed by atoms with Crippen LogP contribution >= 0.6 is 11.6 Å². The minimum atomic E-state index is -0.608. The molecule has 2 N–H and O–H groups in total. The number of nitrogens with zero attached hydrogens (tertiary/aromatic N) is 6. The number of benzene rings is 1. The lowest BCUT2D eigenvalue weighted by Gasteiger charge is -2.36. The summed E-state index contributed by atoms with van der Waals surface area (Å²) in [6.45, 7) is 5.39. The predicted molar refractivity (Wildman–Crippen MR) is 129 cm³/mol. The summed E-state index contributed by atoms with van der Waals surface area (Å²) < 4.78 is 17.7. The van der Waals surface area contributed by atoms with Gasteiger partial charge in [0.05, 0.1) is 22.5 Å². The van der Waals surface area contributed by atoms with Crippen LogP contribution in [0.4, 0.5) is 15.9 Å². The first-order valence-electron chi connectivity index (χ1n) is 10.5. The van der Waals surface area contributed by atoms with Crippen LogP contribution in [0.25, 0.3) is 27.7 Å². The average molecular weight is 476 g/mol. The quantitative estimate of drug-likeness (QED) is 0.454. The number of rotatable bonds is 3. The Morgan fingerprint density at radius 3 is 2.79 bits per heavy atom. The Balaban J connectivity index is 1.67. The van der Waals surface area contributed by atoms with Crippen LogP contribution < -0.4 is 10.6 Å². The molecular weight excluding hydrogens is 457 g/mol. The van der Waals surface area contributed by atoms with Gasteiger partial charge in [0, 0.05) is 55.1 Å². The zero-order valence-corrected chi connectivity index (χ0v) is 18.8. The number of nitrogens with two attached hydrogens (primary N) is 1. The molecule has 170 valence electrons. The third kappa shape index (κ3) is 3.40. The van der Waals surface area contributed by atoms with Gasteiger partial charge in [0.1, 0.15) is 23.1 Å². The number of hydrogen-bond acceptors (Lipinski definition) is 6. The highest BCUT2D eigenvalue weighted by molar-refractivity contribution is 6.34. The van der Waals surface area contributed by atoms with Gasteiger partial charge in [-0.15, -0.1) is 0 Å². The highest BCUT2D eigenvalue weighted by Gasteiger charge is 2.26. The Labute approximate surface area is 199 Å². The number of imidazole rings is 1. The normalized spacial score (nSPS) is 13.9. The molecule has 0 aliphatic carbocycles. The molecule has 5 rings (SSSR count). The Hall–Kier alpha value is -4.16. The van der Waals surface area contributed by atoms with Crippen LogP contribution in [-0.4, -0.2) is 51.4 Å². The van der Waals surface area contributed by atoms with Crippen molar-refractivity contribution in [1.29, 1.82) is 5.26 Å². The van der Waals surface area contributed by atoms with E-state index in [2.05, 4.69) is 22.6 Å². The third-order valence-electron chi connectivity index (χ3n) is 6.00. The number of pyridine rings is 2. The van der Waals surface area contributed by atoms with Crippen LogP contribution in [0, 0.1) is 17.1 Å². The van der Waals surface area contributed by atoms with Gasteiger partial charge in [0.25, 0.3) is 0 Å². The monoisotopic (exact) mass is 475 g/mol. The number of amides is 1. The molecule has 34 heavy (non-hydrogen) atoms. The lowest BCUT2D eigenvalue weighted by atomic mass is 10.0. The number of anilines is 2. The molecule has 1 aromatic carbocycles. The third-order valence-corrected chi connectivity index (χ3v) is 6.30. The van der Waals surface area contributed by atoms with Gasteiger partial charge in [-0.3, -0.25) is 9.78 Å². The van der Waals surface area contributed by atoms with E-state index in [9.17, 15) is 10.1 Å². The second-order valence-corrected chi connectivity index (χ2v) is 8.32. The lowest BCUT2D eigenvalue weighted by Crippen LogP contribution is -2.48. The molecule has 4 aromatic rings. The molecule has 0 unspecified atom stereocenters. The van der Waals surface area contributed by atoms with Crippen molar-refractivity contribution in [3.63, 3.8) is 0 Å². The number of halogens is 2. The summed E-state index contributed by atoms with van der Waals surface area (Å²) in [5.41, 5.74) is 7.90. The number of nitriles is 1. The molecule has 1 aliphatic heterocycles. The van der Waals surface area contributed by atoms with Crippen molar-refractivity contribution in [2.45, 2.75) is 0 Å². The lowest BCUT2D eigenvalue weighted by molar-refractivity contribution is -0.126. The van der Waals surface area contributed by atoms with Crippen molar-refractivity contribution >= 4 is 45.6 Å². The van der Waals surface area contributed by atoms with E-state index in [-0.39, 0.29) is 22.0 Å². The molecule has 1 saturated heterocycles. The highest BCUT2D eigenvalue weighted by Crippen LogP contribution is 2.40. The first-order valence-corrected chi connectivity index (χ1v) is 10.9. The average Bonchev–Trinajstić information content (AvgIpc) is 3.24. The highest BCUT2D eigenvalue weighted by atomic mass is 35.5. The van der Waals surface area contributed by atoms with E-state index < -0.39 is 5.82 Å². The fourth-order valence-electron chi connectivity index (χ4n) is 4.43. The van der Waals surface area contributed by atoms with Gasteiger partial charge in [0.2, 0.25) is 5.91 Å². The fraction of sp³-hybridized carbons (Fsp3) is 0.167. The van der Waals surface area contributed by atoms with E-state index in [0.717, 1.165) is 0 Å². The zero-order chi connectivity index (χ0) is 24.0. The van der Waals surface area contributed by atoms with E-state index in [1.165, 1.54) is 12.3 Å². The number of hydrogen-bond donors (Lipinski definition) is 1. The van der Waals surface area contributed by atoms with Gasteiger partial charge < -0.3 is 19.9 Å². The molecule has 1 aliphatic rings. The second kappa shape index (κ2) is 8.32. The maximum Gasteiger partial charge on any atom is 0.246 e. The van der Waals surface area contributed by atoms with Crippen LogP contribution in [0.5, 0.6) is 0 Å². The Morgan fingerprint density at radius 1 is 1.32 bits per heavy atom. The molecule has 10 heteroatoms. The summed E-state index contributed by atoms with van der Waals surface area (Å²) in [7, 11) is 0. The number of piperazine rings is 1. The predicted octanol–water partition coefficient (Wildman–Crippen LogP) is 3.63. The Bertz CT molecular complexity index is 1520. The number of fused-ring (bicyclic) bond motifs is 2. The van der Waals surface area contributed by atoms with Crippen LogP contribution in [0.1, 0.15) is 5.56 Å². The van der Waals surface area contributed by atoms with Gasteiger partial charge in [-0.1, -0.05) is 18.2 Å². The zero-order valence-electron chi connectivity index (χ0n) is 18.0. The maximum absolute atomic E-state index is 16.0. The van der Waals surface area contributed by atoms with Gasteiger partial charge in [-0.05, 0) is 24.3 Å². The number of carbonyl (C=O) groups is 1. The smallest absolute Gasteiger partial charge is 0.246 e. The Kier molecular flexibility index (Phi) is 5.30. The summed E-state index contributed by atoms with van der Waals surface area (Å²) in [4.78, 5) is 24.2. The minimum absolute atomic E-state index is 0.0968. The number of aromatic nitrogens is 3. The summed E-state index contributed by atoms with van der Waals surface area (Å²) >= 11 is 6.64. The van der Waals surface area contributed by atoms with E-state index >= 15 is 4.39 Å². The standard InChI is InChI=1S/C24H19ClFN7O/c1-2-19(34)31-6-8-32(9-7-31)23-14(11-27)12-29-22-16(23)10-17(25)20(21(22)26)15-4-3-5-33-13-18(28)30-24(15)33/h2-5,10,12-13H,1,6-9,28H2. The summed E-state index contributed by atoms with van der Waals surface area (Å²) in [5, 5.41) is 10.3. The van der Waals surface area contributed by atoms with Crippen LogP contribution in [0.3, 0.4) is 0 Å². The van der Waals surface area contributed by atoms with Gasteiger partial charge in [0.15, 0.2) is 5.82 Å². The summed E-state index contributed by atoms with van der Waals surface area (Å²) in [6, 6.07) is 7.26. The summed E-state index contributed by atoms with van der Waals surface area (Å²) in [5.74, 6) is -0.450. The molecule has 1 amide bonds. The van der Waals surface area contributed by atoms with Gasteiger partial charge in [-0.2, -0.15) is 5.26 Å². The van der Waals surface area contributed by atoms with E-state index in [0.29, 0.717) is 59.8 Å². The fourth-order valence-corrected chi connectivity index (χ4v) is 4.72. The van der Waals surface area contributed by atoms with Crippen molar-refractivity contribution in [3.8, 4) is 17.2 Å². The van der Waals surface area contributed by atoms with E-state index in [4.69, 9.17) is 17.3 Å². The molecule has 0 atom stereocenters. The van der Waals surface area contributed by atoms with Crippen molar-refractivity contribution in [3.05, 3.63) is 65.8 Å². The second-order valence-electron chi connectivity index (χ2n) is 7.91. The molecule has 8 nitrogen and oxygen atoms in total. The van der Waals surface area contributed by atoms with Crippen molar-refractivity contribution < 1.29 is 9.18 Å². The number of nitrogen functional groups attached to an aromatic ring is 1. The molecule has 0 bridgehead atoms. The molecule has 0 radical (unpaired) electrons. The topological polar surface area (TPSA) is 104 Å². The van der Waals surface area contributed by atoms with Crippen molar-refractivity contribution in [2.75, 3.05) is 36.8 Å². The minimum Gasteiger partial charge on any atom is -0.382 e. The molecular formula is C24H19ClFN7O. The van der Waals surface area contributed by atoms with E-state index in [1.54, 1.807) is 39.9 Å². The largest absolute Gasteiger partial charge is 0.382 e. The van der Waals surface area contributed by atoms with Crippen LogP contribution in [0.15, 0.2) is 49.4 Å². The van der Waals surface area contributed by atoms with E-state index in [1.807, 2.05) is 4.90 Å². The first kappa shape index (κ1) is 21.7. The first-order chi connectivity index (χ1) is 16.4. The molecule has 0 saturated carbocycles. The van der Waals surface area contributed by atoms with Crippen LogP contribution in [-0.2, 0) is 4.79 Å². The van der Waals surface area contributed by atoms with Crippen molar-refractivity contribution in [1.82, 2.24) is 19.3 Å². The molecule has 3 aromatic heterocycles. The van der Waals surface area contributed by atoms with Gasteiger partial charge >= 0.3 is 0 Å². The van der Waals surface area contributed by atoms with Crippen molar-refractivity contribution in [2.24, 2.45) is 0 Å². The molecule has 0 spiro atoms. The Morgan fingerprint density at radius 2 is 2.09 bits per heavy atom. The van der Waals surface area contributed by atoms with Crippen LogP contribution in [0.2, 0.25) is 5.02 Å².